The number of sulfone groups is 1. The monoisotopic (exact) mass is 337 g/mol. The van der Waals surface area contributed by atoms with Gasteiger partial charge in [0.05, 0.1) is 28.6 Å². The Kier molecular flexibility index (Phi) is 3.37. The first-order valence-corrected chi connectivity index (χ1v) is 9.98. The minimum Gasteiger partial charge on any atom is -0.393 e. The minimum atomic E-state index is -3.78. The number of hydrogen-bond acceptors (Lipinski definition) is 7. The number of ether oxygens (including phenoxy) is 1. The quantitative estimate of drug-likeness (QED) is 0.446. The number of rotatable bonds is 2. The average molecular weight is 337 g/mol. The van der Waals surface area contributed by atoms with Crippen molar-refractivity contribution >= 4 is 31.8 Å². The summed E-state index contributed by atoms with van der Waals surface area (Å²) in [6, 6.07) is 0. The van der Waals surface area contributed by atoms with Crippen molar-refractivity contribution < 1.29 is 31.2 Å². The Balaban J connectivity index is 1.79. The Morgan fingerprint density at radius 3 is 2.38 bits per heavy atom. The molecule has 3 atom stereocenters. The molecule has 0 aromatic heterocycles. The maximum Gasteiger partial charge on any atom is 0.318 e. The van der Waals surface area contributed by atoms with Crippen LogP contribution in [0.4, 0.5) is 0 Å². The smallest absolute Gasteiger partial charge is 0.318 e. The van der Waals surface area contributed by atoms with Crippen LogP contribution in [-0.4, -0.2) is 62.9 Å². The fourth-order valence-electron chi connectivity index (χ4n) is 3.13. The molecule has 0 saturated carbocycles. The number of esters is 2. The second-order valence-corrected chi connectivity index (χ2v) is 10.1. The number of sulfonamides is 1. The van der Waals surface area contributed by atoms with Gasteiger partial charge in [-0.2, -0.15) is 0 Å². The van der Waals surface area contributed by atoms with Crippen LogP contribution in [0.25, 0.3) is 0 Å². The van der Waals surface area contributed by atoms with E-state index >= 15 is 0 Å². The van der Waals surface area contributed by atoms with Gasteiger partial charge in [0.25, 0.3) is 0 Å². The molecule has 21 heavy (non-hydrogen) atoms. The van der Waals surface area contributed by atoms with Gasteiger partial charge in [-0.3, -0.25) is 9.59 Å². The van der Waals surface area contributed by atoms with Crippen LogP contribution in [0.15, 0.2) is 0 Å². The molecule has 0 radical (unpaired) electrons. The van der Waals surface area contributed by atoms with E-state index in [4.69, 9.17) is 0 Å². The third-order valence-electron chi connectivity index (χ3n) is 4.35. The van der Waals surface area contributed by atoms with Gasteiger partial charge in [0.1, 0.15) is 0 Å². The lowest BCUT2D eigenvalue weighted by atomic mass is 9.89. The van der Waals surface area contributed by atoms with Gasteiger partial charge < -0.3 is 4.74 Å². The van der Waals surface area contributed by atoms with E-state index < -0.39 is 48.9 Å². The molecule has 3 unspecified atom stereocenters. The summed E-state index contributed by atoms with van der Waals surface area (Å²) in [5.74, 6) is -3.12. The average Bonchev–Trinajstić information content (AvgIpc) is 2.91. The third-order valence-corrected chi connectivity index (χ3v) is 8.63. The molecule has 0 aromatic carbocycles. The first-order chi connectivity index (χ1) is 9.71. The van der Waals surface area contributed by atoms with Gasteiger partial charge in [-0.15, -0.1) is 0 Å². The van der Waals surface area contributed by atoms with Crippen LogP contribution in [0.5, 0.6) is 0 Å². The van der Waals surface area contributed by atoms with E-state index in [1.165, 1.54) is 0 Å². The van der Waals surface area contributed by atoms with Crippen molar-refractivity contribution in [2.45, 2.75) is 18.1 Å². The van der Waals surface area contributed by atoms with Crippen LogP contribution in [-0.2, 0) is 34.2 Å². The number of cyclic esters (lactones) is 2. The molecular formula is C11H15NO7S2. The fraction of sp³-hybridized carbons (Fsp3) is 0.818. The maximum atomic E-state index is 12.5. The number of piperidine rings is 1. The van der Waals surface area contributed by atoms with Crippen molar-refractivity contribution in [3.8, 4) is 0 Å². The summed E-state index contributed by atoms with van der Waals surface area (Å²) >= 11 is 0. The van der Waals surface area contributed by atoms with Crippen molar-refractivity contribution in [2.75, 3.05) is 24.6 Å². The summed E-state index contributed by atoms with van der Waals surface area (Å²) in [7, 11) is -7.08. The Hall–Kier alpha value is -1.00. The molecule has 3 aliphatic heterocycles. The van der Waals surface area contributed by atoms with Crippen LogP contribution >= 0.6 is 0 Å². The van der Waals surface area contributed by atoms with Gasteiger partial charge in [0, 0.05) is 13.1 Å². The van der Waals surface area contributed by atoms with E-state index in [0.29, 0.717) is 0 Å². The molecule has 0 bridgehead atoms. The highest BCUT2D eigenvalue weighted by Crippen LogP contribution is 2.34. The Bertz CT molecular complexity index is 696. The first-order valence-electron chi connectivity index (χ1n) is 6.65. The Morgan fingerprint density at radius 1 is 1.10 bits per heavy atom. The maximum absolute atomic E-state index is 12.5. The normalized spacial score (nSPS) is 36.5. The van der Waals surface area contributed by atoms with Gasteiger partial charge in [-0.25, -0.2) is 21.1 Å². The summed E-state index contributed by atoms with van der Waals surface area (Å²) < 4.78 is 53.5. The SMILES string of the molecule is O=C1OC(=O)C2CN(S(=O)(=O)C3CCS(=O)(=O)C3)CCC12. The molecule has 10 heteroatoms. The summed E-state index contributed by atoms with van der Waals surface area (Å²) in [4.78, 5) is 23.0. The van der Waals surface area contributed by atoms with Gasteiger partial charge >= 0.3 is 11.9 Å². The molecule has 3 heterocycles. The second-order valence-electron chi connectivity index (χ2n) is 5.67. The number of carbonyl (C=O) groups excluding carboxylic acids is 2. The fourth-order valence-corrected chi connectivity index (χ4v) is 7.70. The largest absolute Gasteiger partial charge is 0.393 e. The van der Waals surface area contributed by atoms with Gasteiger partial charge in [0.15, 0.2) is 9.84 Å². The van der Waals surface area contributed by atoms with Crippen molar-refractivity contribution in [1.82, 2.24) is 4.31 Å². The second kappa shape index (κ2) is 4.75. The molecule has 0 aromatic rings. The zero-order valence-corrected chi connectivity index (χ0v) is 12.7. The predicted molar refractivity (Wildman–Crippen MR) is 70.2 cm³/mol. The van der Waals surface area contributed by atoms with Crippen LogP contribution in [0.2, 0.25) is 0 Å². The number of hydrogen-bond donors (Lipinski definition) is 0. The molecule has 8 nitrogen and oxygen atoms in total. The van der Waals surface area contributed by atoms with E-state index in [2.05, 4.69) is 4.74 Å². The summed E-state index contributed by atoms with van der Waals surface area (Å²) in [5, 5.41) is -0.952. The zero-order chi connectivity index (χ0) is 15.4. The summed E-state index contributed by atoms with van der Waals surface area (Å²) in [6.07, 6.45) is 0.312. The molecule has 118 valence electrons. The van der Waals surface area contributed by atoms with Crippen molar-refractivity contribution in [1.29, 1.82) is 0 Å². The van der Waals surface area contributed by atoms with Gasteiger partial charge in [-0.05, 0) is 12.8 Å². The van der Waals surface area contributed by atoms with Gasteiger partial charge in [-0.1, -0.05) is 0 Å². The molecule has 3 fully saturated rings. The third kappa shape index (κ3) is 2.49. The van der Waals surface area contributed by atoms with E-state index in [-0.39, 0.29) is 37.4 Å². The predicted octanol–water partition coefficient (Wildman–Crippen LogP) is -1.48. The van der Waals surface area contributed by atoms with Crippen LogP contribution in [0.3, 0.4) is 0 Å². The van der Waals surface area contributed by atoms with Crippen LogP contribution < -0.4 is 0 Å². The van der Waals surface area contributed by atoms with E-state index in [0.717, 1.165) is 4.31 Å². The van der Waals surface area contributed by atoms with Crippen LogP contribution in [0.1, 0.15) is 12.8 Å². The van der Waals surface area contributed by atoms with Crippen LogP contribution in [0, 0.1) is 11.8 Å². The number of fused-ring (bicyclic) bond motifs is 1. The molecule has 3 saturated heterocycles. The lowest BCUT2D eigenvalue weighted by molar-refractivity contribution is -0.153. The van der Waals surface area contributed by atoms with Crippen molar-refractivity contribution in [3.05, 3.63) is 0 Å². The zero-order valence-electron chi connectivity index (χ0n) is 11.1. The van der Waals surface area contributed by atoms with Gasteiger partial charge in [0.2, 0.25) is 10.0 Å². The Morgan fingerprint density at radius 2 is 1.76 bits per heavy atom. The number of nitrogens with zero attached hydrogens (tertiary/aromatic N) is 1. The van der Waals surface area contributed by atoms with Crippen molar-refractivity contribution in [2.24, 2.45) is 11.8 Å². The molecule has 0 aliphatic carbocycles. The molecule has 0 N–H and O–H groups in total. The molecule has 3 aliphatic rings. The molecule has 0 amide bonds. The number of carbonyl (C=O) groups is 2. The lowest BCUT2D eigenvalue weighted by Crippen LogP contribution is -2.48. The van der Waals surface area contributed by atoms with E-state index in [1.54, 1.807) is 0 Å². The molecular weight excluding hydrogens is 322 g/mol. The molecule has 3 rings (SSSR count). The minimum absolute atomic E-state index is 0.0820. The highest BCUT2D eigenvalue weighted by molar-refractivity contribution is 7.95. The lowest BCUT2D eigenvalue weighted by Gasteiger charge is -2.32. The summed E-state index contributed by atoms with van der Waals surface area (Å²) in [6.45, 7) is 0.0105. The summed E-state index contributed by atoms with van der Waals surface area (Å²) in [5.41, 5.74) is 0. The standard InChI is InChI=1S/C11H15NO7S2/c13-10-8-1-3-12(5-9(8)11(14)19-10)21(17,18)7-2-4-20(15,16)6-7/h7-9H,1-6H2. The highest BCUT2D eigenvalue weighted by Gasteiger charge is 2.51. The Labute approximate surface area is 122 Å². The van der Waals surface area contributed by atoms with E-state index in [9.17, 15) is 26.4 Å². The topological polar surface area (TPSA) is 115 Å². The van der Waals surface area contributed by atoms with E-state index in [1.807, 2.05) is 0 Å². The molecule has 0 spiro atoms. The highest BCUT2D eigenvalue weighted by atomic mass is 32.2. The first kappa shape index (κ1) is 14.9. The van der Waals surface area contributed by atoms with Crippen molar-refractivity contribution in [3.63, 3.8) is 0 Å².